The van der Waals surface area contributed by atoms with Crippen LogP contribution in [0.25, 0.3) is 0 Å². The summed E-state index contributed by atoms with van der Waals surface area (Å²) in [7, 11) is 3.76. The Morgan fingerprint density at radius 3 is 2.43 bits per heavy atom. The van der Waals surface area contributed by atoms with Crippen LogP contribution in [0.1, 0.15) is 51.4 Å². The second-order valence-electron chi connectivity index (χ2n) is 7.63. The van der Waals surface area contributed by atoms with Gasteiger partial charge < -0.3 is 10.2 Å². The van der Waals surface area contributed by atoms with Gasteiger partial charge in [-0.25, -0.2) is 0 Å². The highest BCUT2D eigenvalue weighted by Crippen LogP contribution is 2.49. The van der Waals surface area contributed by atoms with E-state index in [4.69, 9.17) is 0 Å². The van der Waals surface area contributed by atoms with E-state index in [1.165, 1.54) is 51.4 Å². The Hall–Kier alpha value is -0.610. The van der Waals surface area contributed by atoms with E-state index in [1.54, 1.807) is 4.90 Å². The highest BCUT2D eigenvalue weighted by atomic mass is 16.2. The number of hydrogen-bond acceptors (Lipinski definition) is 3. The molecule has 1 unspecified atom stereocenters. The Morgan fingerprint density at radius 1 is 1.14 bits per heavy atom. The first-order chi connectivity index (χ1) is 10.1. The molecule has 0 bridgehead atoms. The van der Waals surface area contributed by atoms with Gasteiger partial charge in [0.25, 0.3) is 0 Å². The maximum Gasteiger partial charge on any atom is 0.240 e. The summed E-state index contributed by atoms with van der Waals surface area (Å²) >= 11 is 0. The van der Waals surface area contributed by atoms with Crippen LogP contribution in [0.15, 0.2) is 0 Å². The number of carbonyl (C=O) groups excluding carboxylic acids is 1. The summed E-state index contributed by atoms with van der Waals surface area (Å²) in [4.78, 5) is 16.7. The maximum atomic E-state index is 12.4. The van der Waals surface area contributed by atoms with Gasteiger partial charge in [-0.1, -0.05) is 12.8 Å². The molecule has 2 aliphatic carbocycles. The van der Waals surface area contributed by atoms with Gasteiger partial charge in [0, 0.05) is 39.8 Å². The average molecular weight is 293 g/mol. The standard InChI is InChI=1S/C17H31N3O/c1-19(2)16(21)15-13-18-11-12-20(15)14-5-9-17(10-6-14)7-3-4-8-17/h14-15,18H,3-13H2,1-2H3. The molecule has 3 fully saturated rings. The number of nitrogens with one attached hydrogen (secondary N) is 1. The molecule has 0 aromatic rings. The van der Waals surface area contributed by atoms with Gasteiger partial charge in [0.1, 0.15) is 6.04 Å². The molecule has 1 atom stereocenters. The zero-order chi connectivity index (χ0) is 14.9. The van der Waals surface area contributed by atoms with E-state index in [-0.39, 0.29) is 11.9 Å². The van der Waals surface area contributed by atoms with Crippen molar-refractivity contribution in [3.63, 3.8) is 0 Å². The first-order valence-electron chi connectivity index (χ1n) is 8.79. The normalized spacial score (nSPS) is 30.7. The fourth-order valence-corrected chi connectivity index (χ4v) is 4.86. The number of carbonyl (C=O) groups is 1. The summed E-state index contributed by atoms with van der Waals surface area (Å²) in [5.41, 5.74) is 0.686. The number of hydrogen-bond donors (Lipinski definition) is 1. The topological polar surface area (TPSA) is 35.6 Å². The summed E-state index contributed by atoms with van der Waals surface area (Å²) < 4.78 is 0. The summed E-state index contributed by atoms with van der Waals surface area (Å²) in [6.07, 6.45) is 11.2. The molecule has 2 saturated carbocycles. The Kier molecular flexibility index (Phi) is 4.55. The van der Waals surface area contributed by atoms with Crippen molar-refractivity contribution in [3.05, 3.63) is 0 Å². The highest BCUT2D eigenvalue weighted by Gasteiger charge is 2.41. The highest BCUT2D eigenvalue weighted by molar-refractivity contribution is 5.81. The number of nitrogens with zero attached hydrogens (tertiary/aromatic N) is 2. The van der Waals surface area contributed by atoms with Gasteiger partial charge in [0.2, 0.25) is 5.91 Å². The third-order valence-electron chi connectivity index (χ3n) is 6.16. The van der Waals surface area contributed by atoms with E-state index in [0.717, 1.165) is 19.6 Å². The minimum absolute atomic E-state index is 0.0522. The summed E-state index contributed by atoms with van der Waals surface area (Å²) in [6, 6.07) is 0.684. The van der Waals surface area contributed by atoms with Gasteiger partial charge in [-0.05, 0) is 43.9 Å². The molecule has 4 nitrogen and oxygen atoms in total. The Labute approximate surface area is 129 Å². The molecule has 21 heavy (non-hydrogen) atoms. The van der Waals surface area contributed by atoms with Gasteiger partial charge in [0.15, 0.2) is 0 Å². The van der Waals surface area contributed by atoms with Gasteiger partial charge in [-0.2, -0.15) is 0 Å². The molecule has 1 amide bonds. The van der Waals surface area contributed by atoms with Crippen LogP contribution in [0, 0.1) is 5.41 Å². The zero-order valence-corrected chi connectivity index (χ0v) is 13.7. The summed E-state index contributed by atoms with van der Waals surface area (Å²) in [6.45, 7) is 2.87. The average Bonchev–Trinajstić information content (AvgIpc) is 2.95. The maximum absolute atomic E-state index is 12.4. The van der Waals surface area contributed by atoms with Crippen molar-refractivity contribution in [2.75, 3.05) is 33.7 Å². The molecular weight excluding hydrogens is 262 g/mol. The molecule has 1 spiro atoms. The quantitative estimate of drug-likeness (QED) is 0.844. The predicted molar refractivity (Wildman–Crippen MR) is 85.2 cm³/mol. The monoisotopic (exact) mass is 293 g/mol. The third-order valence-corrected chi connectivity index (χ3v) is 6.16. The first kappa shape index (κ1) is 15.3. The van der Waals surface area contributed by atoms with Crippen molar-refractivity contribution < 1.29 is 4.79 Å². The lowest BCUT2D eigenvalue weighted by molar-refractivity contribution is -0.136. The van der Waals surface area contributed by atoms with E-state index in [0.29, 0.717) is 11.5 Å². The lowest BCUT2D eigenvalue weighted by Crippen LogP contribution is -2.61. The second-order valence-corrected chi connectivity index (χ2v) is 7.63. The lowest BCUT2D eigenvalue weighted by Gasteiger charge is -2.46. The van der Waals surface area contributed by atoms with E-state index < -0.39 is 0 Å². The molecule has 4 heteroatoms. The SMILES string of the molecule is CN(C)C(=O)C1CNCCN1C1CCC2(CCCC2)CC1. The zero-order valence-electron chi connectivity index (χ0n) is 13.7. The molecule has 0 aromatic carbocycles. The molecule has 0 aromatic heterocycles. The second kappa shape index (κ2) is 6.25. The van der Waals surface area contributed by atoms with Crippen LogP contribution in [-0.4, -0.2) is 61.5 Å². The molecule has 1 saturated heterocycles. The minimum Gasteiger partial charge on any atom is -0.347 e. The van der Waals surface area contributed by atoms with E-state index in [1.807, 2.05) is 14.1 Å². The van der Waals surface area contributed by atoms with Crippen LogP contribution < -0.4 is 5.32 Å². The first-order valence-corrected chi connectivity index (χ1v) is 8.79. The van der Waals surface area contributed by atoms with E-state index in [9.17, 15) is 4.79 Å². The molecule has 3 rings (SSSR count). The van der Waals surface area contributed by atoms with Crippen molar-refractivity contribution in [1.29, 1.82) is 0 Å². The molecule has 1 heterocycles. The van der Waals surface area contributed by atoms with Gasteiger partial charge in [0.05, 0.1) is 0 Å². The van der Waals surface area contributed by atoms with Gasteiger partial charge in [-0.15, -0.1) is 0 Å². The predicted octanol–water partition coefficient (Wildman–Crippen LogP) is 1.85. The van der Waals surface area contributed by atoms with Crippen LogP contribution in [0.2, 0.25) is 0 Å². The summed E-state index contributed by atoms with van der Waals surface area (Å²) in [5.74, 6) is 0.267. The van der Waals surface area contributed by atoms with Crippen LogP contribution in [0.4, 0.5) is 0 Å². The summed E-state index contributed by atoms with van der Waals surface area (Å²) in [5, 5.41) is 3.40. The van der Waals surface area contributed by atoms with Gasteiger partial charge >= 0.3 is 0 Å². The molecule has 1 aliphatic heterocycles. The smallest absolute Gasteiger partial charge is 0.240 e. The minimum atomic E-state index is 0.0522. The van der Waals surface area contributed by atoms with E-state index >= 15 is 0 Å². The van der Waals surface area contributed by atoms with Crippen molar-refractivity contribution >= 4 is 5.91 Å². The molecule has 1 N–H and O–H groups in total. The van der Waals surface area contributed by atoms with Crippen molar-refractivity contribution in [3.8, 4) is 0 Å². The fraction of sp³-hybridized carbons (Fsp3) is 0.941. The Balaban J connectivity index is 1.63. The molecule has 3 aliphatic rings. The largest absolute Gasteiger partial charge is 0.347 e. The van der Waals surface area contributed by atoms with Crippen molar-refractivity contribution in [2.45, 2.75) is 63.5 Å². The number of likely N-dealkylation sites (N-methyl/N-ethyl adjacent to an activating group) is 1. The lowest BCUT2D eigenvalue weighted by atomic mass is 9.71. The van der Waals surface area contributed by atoms with E-state index in [2.05, 4.69) is 10.2 Å². The van der Waals surface area contributed by atoms with Crippen LogP contribution >= 0.6 is 0 Å². The molecular formula is C17H31N3O. The van der Waals surface area contributed by atoms with Crippen LogP contribution in [-0.2, 0) is 4.79 Å². The van der Waals surface area contributed by atoms with Crippen molar-refractivity contribution in [2.24, 2.45) is 5.41 Å². The number of piperazine rings is 1. The number of amides is 1. The molecule has 120 valence electrons. The van der Waals surface area contributed by atoms with Gasteiger partial charge in [-0.3, -0.25) is 9.69 Å². The van der Waals surface area contributed by atoms with Crippen LogP contribution in [0.5, 0.6) is 0 Å². The fourth-order valence-electron chi connectivity index (χ4n) is 4.86. The Bertz CT molecular complexity index is 366. The number of rotatable bonds is 2. The molecule has 0 radical (unpaired) electrons. The van der Waals surface area contributed by atoms with Crippen molar-refractivity contribution in [1.82, 2.24) is 15.1 Å². The van der Waals surface area contributed by atoms with Crippen LogP contribution in [0.3, 0.4) is 0 Å². The third kappa shape index (κ3) is 3.11. The Morgan fingerprint density at radius 2 is 1.81 bits per heavy atom.